The van der Waals surface area contributed by atoms with Gasteiger partial charge in [-0.1, -0.05) is 0 Å². The molecule has 0 aromatic carbocycles. The minimum absolute atomic E-state index is 0.0124. The molecule has 0 radical (unpaired) electrons. The Morgan fingerprint density at radius 3 is 3.11 bits per heavy atom. The summed E-state index contributed by atoms with van der Waals surface area (Å²) in [6, 6.07) is 3.69. The number of aryl methyl sites for hydroxylation is 1. The van der Waals surface area contributed by atoms with Gasteiger partial charge in [0.05, 0.1) is 5.69 Å². The summed E-state index contributed by atoms with van der Waals surface area (Å²) in [5.41, 5.74) is 1.61. The van der Waals surface area contributed by atoms with E-state index in [2.05, 4.69) is 15.2 Å². The van der Waals surface area contributed by atoms with Crippen molar-refractivity contribution in [1.29, 1.82) is 0 Å². The lowest BCUT2D eigenvalue weighted by atomic mass is 10.2. The maximum Gasteiger partial charge on any atom is 0.217 e. The number of hydrogen-bond acceptors (Lipinski definition) is 4. The number of aromatic hydroxyl groups is 1. The summed E-state index contributed by atoms with van der Waals surface area (Å²) in [4.78, 5) is 17.5. The van der Waals surface area contributed by atoms with E-state index in [-0.39, 0.29) is 17.7 Å². The maximum atomic E-state index is 11.0. The van der Waals surface area contributed by atoms with E-state index in [4.69, 9.17) is 0 Å². The first-order chi connectivity index (χ1) is 8.54. The van der Waals surface area contributed by atoms with Gasteiger partial charge in [-0.2, -0.15) is 0 Å². The topological polar surface area (TPSA) is 65.5 Å². The van der Waals surface area contributed by atoms with Crippen LogP contribution in [0.25, 0.3) is 0 Å². The van der Waals surface area contributed by atoms with Crippen LogP contribution < -0.4 is 5.32 Å². The Balaban J connectivity index is 1.95. The van der Waals surface area contributed by atoms with Crippen molar-refractivity contribution < 1.29 is 9.90 Å². The minimum atomic E-state index is 0.0124. The smallest absolute Gasteiger partial charge is 0.217 e. The molecule has 2 rings (SSSR count). The average molecular weight is 249 g/mol. The molecule has 2 N–H and O–H groups in total. The van der Waals surface area contributed by atoms with Gasteiger partial charge in [0.2, 0.25) is 5.91 Å². The van der Waals surface area contributed by atoms with E-state index in [1.807, 2.05) is 6.92 Å². The summed E-state index contributed by atoms with van der Waals surface area (Å²) in [6.45, 7) is 5.81. The Morgan fingerprint density at radius 1 is 1.61 bits per heavy atom. The second-order valence-electron chi connectivity index (χ2n) is 4.84. The lowest BCUT2D eigenvalue weighted by molar-refractivity contribution is -0.119. The molecule has 5 nitrogen and oxygen atoms in total. The molecule has 0 spiro atoms. The van der Waals surface area contributed by atoms with Gasteiger partial charge >= 0.3 is 0 Å². The number of hydrogen-bond donors (Lipinski definition) is 2. The lowest BCUT2D eigenvalue weighted by Gasteiger charge is -2.16. The highest BCUT2D eigenvalue weighted by molar-refractivity contribution is 5.73. The van der Waals surface area contributed by atoms with Crippen molar-refractivity contribution in [2.24, 2.45) is 0 Å². The fraction of sp³-hybridized carbons (Fsp3) is 0.538. The molecule has 1 aromatic heterocycles. The molecule has 98 valence electrons. The van der Waals surface area contributed by atoms with Crippen LogP contribution in [-0.4, -0.2) is 40.0 Å². The van der Waals surface area contributed by atoms with Crippen LogP contribution >= 0.6 is 0 Å². The van der Waals surface area contributed by atoms with Gasteiger partial charge in [-0.15, -0.1) is 0 Å². The van der Waals surface area contributed by atoms with E-state index in [9.17, 15) is 9.90 Å². The Bertz CT molecular complexity index is 448. The molecule has 1 aromatic rings. The van der Waals surface area contributed by atoms with Gasteiger partial charge in [0.1, 0.15) is 5.75 Å². The van der Waals surface area contributed by atoms with E-state index in [0.29, 0.717) is 12.2 Å². The van der Waals surface area contributed by atoms with Crippen molar-refractivity contribution in [1.82, 2.24) is 15.2 Å². The third-order valence-corrected chi connectivity index (χ3v) is 3.14. The molecule has 1 fully saturated rings. The standard InChI is InChI=1S/C13H19N3O2/c1-9-3-4-13(18)12(14-9)8-16-6-5-11(7-16)15-10(2)17/h3-4,11,18H,5-8H2,1-2H3,(H,15,17). The molecule has 5 heteroatoms. The number of amides is 1. The van der Waals surface area contributed by atoms with Gasteiger partial charge in [-0.25, -0.2) is 0 Å². The molecule has 1 aliphatic heterocycles. The highest BCUT2D eigenvalue weighted by atomic mass is 16.3. The van der Waals surface area contributed by atoms with Crippen LogP contribution in [0.3, 0.4) is 0 Å². The Hall–Kier alpha value is -1.62. The summed E-state index contributed by atoms with van der Waals surface area (Å²) in [5, 5.41) is 12.7. The predicted octanol–water partition coefficient (Wildman–Crippen LogP) is 0.806. The molecule has 1 aliphatic rings. The van der Waals surface area contributed by atoms with Crippen LogP contribution in [0.1, 0.15) is 24.7 Å². The lowest BCUT2D eigenvalue weighted by Crippen LogP contribution is -2.35. The second kappa shape index (κ2) is 5.35. The number of aromatic nitrogens is 1. The van der Waals surface area contributed by atoms with Crippen molar-refractivity contribution in [2.45, 2.75) is 32.9 Å². The first-order valence-electron chi connectivity index (χ1n) is 6.19. The first-order valence-corrected chi connectivity index (χ1v) is 6.19. The molecule has 1 atom stereocenters. The van der Waals surface area contributed by atoms with E-state index in [0.717, 1.165) is 25.2 Å². The van der Waals surface area contributed by atoms with Gasteiger partial charge in [0.15, 0.2) is 0 Å². The molecule has 0 saturated carbocycles. The number of carbonyl (C=O) groups excluding carboxylic acids is 1. The van der Waals surface area contributed by atoms with E-state index >= 15 is 0 Å². The van der Waals surface area contributed by atoms with Gasteiger partial charge in [0.25, 0.3) is 0 Å². The first kappa shape index (κ1) is 12.8. The molecule has 1 unspecified atom stereocenters. The summed E-state index contributed by atoms with van der Waals surface area (Å²) < 4.78 is 0. The monoisotopic (exact) mass is 249 g/mol. The Kier molecular flexibility index (Phi) is 3.81. The van der Waals surface area contributed by atoms with E-state index in [1.165, 1.54) is 6.92 Å². The zero-order valence-corrected chi connectivity index (χ0v) is 10.8. The fourth-order valence-electron chi connectivity index (χ4n) is 2.31. The zero-order valence-electron chi connectivity index (χ0n) is 10.8. The molecule has 18 heavy (non-hydrogen) atoms. The van der Waals surface area contributed by atoms with Gasteiger partial charge in [0, 0.05) is 38.3 Å². The molecule has 0 aliphatic carbocycles. The Morgan fingerprint density at radius 2 is 2.39 bits per heavy atom. The van der Waals surface area contributed by atoms with Crippen molar-refractivity contribution >= 4 is 5.91 Å². The van der Waals surface area contributed by atoms with Crippen LogP contribution in [0.4, 0.5) is 0 Å². The van der Waals surface area contributed by atoms with Gasteiger partial charge < -0.3 is 10.4 Å². The summed E-state index contributed by atoms with van der Waals surface area (Å²) >= 11 is 0. The summed E-state index contributed by atoms with van der Waals surface area (Å²) in [7, 11) is 0. The predicted molar refractivity (Wildman–Crippen MR) is 68.1 cm³/mol. The van der Waals surface area contributed by atoms with Crippen molar-refractivity contribution in [3.63, 3.8) is 0 Å². The molecule has 2 heterocycles. The van der Waals surface area contributed by atoms with Crippen LogP contribution in [0.2, 0.25) is 0 Å². The van der Waals surface area contributed by atoms with Gasteiger partial charge in [-0.05, 0) is 25.5 Å². The number of carbonyl (C=O) groups is 1. The summed E-state index contributed by atoms with van der Waals surface area (Å²) in [5.74, 6) is 0.252. The van der Waals surface area contributed by atoms with Crippen LogP contribution in [-0.2, 0) is 11.3 Å². The molecule has 1 amide bonds. The number of rotatable bonds is 3. The SMILES string of the molecule is CC(=O)NC1CCN(Cc2nc(C)ccc2O)C1. The number of pyridine rings is 1. The fourth-order valence-corrected chi connectivity index (χ4v) is 2.31. The van der Waals surface area contributed by atoms with Crippen LogP contribution in [0, 0.1) is 6.92 Å². The Labute approximate surface area is 107 Å². The molecule has 1 saturated heterocycles. The maximum absolute atomic E-state index is 11.0. The van der Waals surface area contributed by atoms with Crippen LogP contribution in [0.15, 0.2) is 12.1 Å². The largest absolute Gasteiger partial charge is 0.506 e. The number of nitrogens with zero attached hydrogens (tertiary/aromatic N) is 2. The third-order valence-electron chi connectivity index (χ3n) is 3.14. The summed E-state index contributed by atoms with van der Waals surface area (Å²) in [6.07, 6.45) is 0.951. The number of nitrogens with one attached hydrogen (secondary N) is 1. The van der Waals surface area contributed by atoms with Crippen LogP contribution in [0.5, 0.6) is 5.75 Å². The quantitative estimate of drug-likeness (QED) is 0.832. The van der Waals surface area contributed by atoms with Crippen molar-refractivity contribution in [3.8, 4) is 5.75 Å². The van der Waals surface area contributed by atoms with Crippen molar-refractivity contribution in [2.75, 3.05) is 13.1 Å². The molecular formula is C13H19N3O2. The van der Waals surface area contributed by atoms with E-state index < -0.39 is 0 Å². The highest BCUT2D eigenvalue weighted by Gasteiger charge is 2.23. The average Bonchev–Trinajstić information content (AvgIpc) is 2.70. The minimum Gasteiger partial charge on any atom is -0.506 e. The third kappa shape index (κ3) is 3.20. The second-order valence-corrected chi connectivity index (χ2v) is 4.84. The molecule has 0 bridgehead atoms. The highest BCUT2D eigenvalue weighted by Crippen LogP contribution is 2.19. The zero-order chi connectivity index (χ0) is 13.1. The van der Waals surface area contributed by atoms with E-state index in [1.54, 1.807) is 12.1 Å². The van der Waals surface area contributed by atoms with Crippen molar-refractivity contribution in [3.05, 3.63) is 23.5 Å². The number of likely N-dealkylation sites (tertiary alicyclic amines) is 1. The normalized spacial score (nSPS) is 20.0. The van der Waals surface area contributed by atoms with Gasteiger partial charge in [-0.3, -0.25) is 14.7 Å². The molecular weight excluding hydrogens is 230 g/mol.